The van der Waals surface area contributed by atoms with Crippen LogP contribution in [0.1, 0.15) is 68.6 Å². The molecule has 1 aromatic carbocycles. The zero-order valence-corrected chi connectivity index (χ0v) is 19.1. The lowest BCUT2D eigenvalue weighted by Crippen LogP contribution is -2.49. The fraction of sp³-hybridized carbons (Fsp3) is 0.680. The van der Waals surface area contributed by atoms with Gasteiger partial charge in [-0.3, -0.25) is 9.59 Å². The first kappa shape index (κ1) is 22.0. The molecule has 6 heteroatoms. The van der Waals surface area contributed by atoms with Crippen LogP contribution in [0.2, 0.25) is 0 Å². The lowest BCUT2D eigenvalue weighted by molar-refractivity contribution is -0.141. The molecule has 3 fully saturated rings. The van der Waals surface area contributed by atoms with Crippen molar-refractivity contribution in [1.29, 1.82) is 0 Å². The van der Waals surface area contributed by atoms with E-state index in [9.17, 15) is 9.59 Å². The zero-order chi connectivity index (χ0) is 22.0. The average Bonchev–Trinajstić information content (AvgIpc) is 3.64. The molecular weight excluding hydrogens is 392 g/mol. The average molecular weight is 429 g/mol. The minimum Gasteiger partial charge on any atom is -0.497 e. The minimum absolute atomic E-state index is 0.0246. The van der Waals surface area contributed by atoms with E-state index in [4.69, 9.17) is 9.47 Å². The molecule has 0 spiro atoms. The van der Waals surface area contributed by atoms with Gasteiger partial charge in [-0.2, -0.15) is 0 Å². The van der Waals surface area contributed by atoms with Gasteiger partial charge in [0.25, 0.3) is 5.91 Å². The topological polar surface area (TPSA) is 59.1 Å². The number of methoxy groups -OCH3 is 2. The highest BCUT2D eigenvalue weighted by Gasteiger charge is 2.41. The monoisotopic (exact) mass is 428 g/mol. The van der Waals surface area contributed by atoms with Crippen molar-refractivity contribution < 1.29 is 19.1 Å². The second-order valence-electron chi connectivity index (χ2n) is 9.56. The molecule has 0 unspecified atom stereocenters. The molecule has 0 aromatic heterocycles. The first-order valence-corrected chi connectivity index (χ1v) is 11.8. The predicted octanol–water partition coefficient (Wildman–Crippen LogP) is 4.13. The van der Waals surface area contributed by atoms with E-state index in [-0.39, 0.29) is 11.8 Å². The van der Waals surface area contributed by atoms with E-state index in [0.29, 0.717) is 48.1 Å². The molecular formula is C25H36N2O4. The van der Waals surface area contributed by atoms with Gasteiger partial charge >= 0.3 is 0 Å². The molecule has 6 nitrogen and oxygen atoms in total. The highest BCUT2D eigenvalue weighted by atomic mass is 16.5. The number of hydrogen-bond acceptors (Lipinski definition) is 4. The summed E-state index contributed by atoms with van der Waals surface area (Å²) in [6.45, 7) is 3.56. The summed E-state index contributed by atoms with van der Waals surface area (Å²) in [6.07, 6.45) is 8.59. The summed E-state index contributed by atoms with van der Waals surface area (Å²) in [6, 6.07) is 6.16. The van der Waals surface area contributed by atoms with Gasteiger partial charge in [0.2, 0.25) is 5.91 Å². The van der Waals surface area contributed by atoms with Gasteiger partial charge in [0.15, 0.2) is 0 Å². The van der Waals surface area contributed by atoms with Crippen molar-refractivity contribution in [3.05, 3.63) is 23.8 Å². The van der Waals surface area contributed by atoms with Crippen LogP contribution in [0.25, 0.3) is 0 Å². The maximum absolute atomic E-state index is 13.5. The van der Waals surface area contributed by atoms with Crippen LogP contribution in [0.15, 0.2) is 18.2 Å². The van der Waals surface area contributed by atoms with Crippen LogP contribution in [0.4, 0.5) is 0 Å². The molecule has 31 heavy (non-hydrogen) atoms. The van der Waals surface area contributed by atoms with Gasteiger partial charge in [-0.25, -0.2) is 0 Å². The van der Waals surface area contributed by atoms with Crippen molar-refractivity contribution in [1.82, 2.24) is 9.80 Å². The number of hydrogen-bond donors (Lipinski definition) is 0. The van der Waals surface area contributed by atoms with Gasteiger partial charge in [-0.05, 0) is 69.4 Å². The SMILES string of the molecule is COc1cc(OC)cc(C(=O)N2CCC(C(=O)N(C3CCC(C)CC3)C3CC3)CC2)c1. The summed E-state index contributed by atoms with van der Waals surface area (Å²) >= 11 is 0. The summed E-state index contributed by atoms with van der Waals surface area (Å²) < 4.78 is 10.6. The molecule has 0 bridgehead atoms. The Labute approximate surface area is 185 Å². The van der Waals surface area contributed by atoms with Crippen molar-refractivity contribution in [3.8, 4) is 11.5 Å². The van der Waals surface area contributed by atoms with Crippen molar-refractivity contribution in [3.63, 3.8) is 0 Å². The fourth-order valence-electron chi connectivity index (χ4n) is 5.19. The molecule has 3 aliphatic rings. The summed E-state index contributed by atoms with van der Waals surface area (Å²) in [5.74, 6) is 2.37. The Bertz CT molecular complexity index is 768. The van der Waals surface area contributed by atoms with Crippen LogP contribution >= 0.6 is 0 Å². The van der Waals surface area contributed by atoms with Crippen molar-refractivity contribution in [2.45, 2.75) is 70.4 Å². The molecule has 4 rings (SSSR count). The van der Waals surface area contributed by atoms with E-state index >= 15 is 0 Å². The number of carbonyl (C=O) groups is 2. The highest BCUT2D eigenvalue weighted by molar-refractivity contribution is 5.95. The van der Waals surface area contributed by atoms with Crippen LogP contribution in [0.3, 0.4) is 0 Å². The lowest BCUT2D eigenvalue weighted by Gasteiger charge is -2.40. The maximum atomic E-state index is 13.5. The Morgan fingerprint density at radius 1 is 0.839 bits per heavy atom. The molecule has 1 heterocycles. The zero-order valence-electron chi connectivity index (χ0n) is 19.1. The Morgan fingerprint density at radius 2 is 1.35 bits per heavy atom. The maximum Gasteiger partial charge on any atom is 0.254 e. The van der Waals surface area contributed by atoms with E-state index < -0.39 is 0 Å². The van der Waals surface area contributed by atoms with E-state index in [1.807, 2.05) is 4.90 Å². The Kier molecular flexibility index (Phi) is 6.73. The Morgan fingerprint density at radius 3 is 1.84 bits per heavy atom. The van der Waals surface area contributed by atoms with Crippen LogP contribution < -0.4 is 9.47 Å². The molecule has 0 N–H and O–H groups in total. The number of amides is 2. The number of ether oxygens (including phenoxy) is 2. The highest BCUT2D eigenvalue weighted by Crippen LogP contribution is 2.37. The number of carbonyl (C=O) groups excluding carboxylic acids is 2. The van der Waals surface area contributed by atoms with E-state index in [2.05, 4.69) is 11.8 Å². The minimum atomic E-state index is -0.0246. The van der Waals surface area contributed by atoms with Gasteiger partial charge in [0, 0.05) is 42.7 Å². The molecule has 0 atom stereocenters. The number of likely N-dealkylation sites (tertiary alicyclic amines) is 1. The smallest absolute Gasteiger partial charge is 0.254 e. The van der Waals surface area contributed by atoms with Gasteiger partial charge in [-0.15, -0.1) is 0 Å². The second kappa shape index (κ2) is 9.49. The molecule has 2 aliphatic carbocycles. The number of benzene rings is 1. The van der Waals surface area contributed by atoms with E-state index in [1.54, 1.807) is 32.4 Å². The summed E-state index contributed by atoms with van der Waals surface area (Å²) in [7, 11) is 3.16. The first-order valence-electron chi connectivity index (χ1n) is 11.8. The predicted molar refractivity (Wildman–Crippen MR) is 119 cm³/mol. The van der Waals surface area contributed by atoms with Crippen molar-refractivity contribution >= 4 is 11.8 Å². The van der Waals surface area contributed by atoms with Crippen LogP contribution in [0, 0.1) is 11.8 Å². The number of nitrogens with zero attached hydrogens (tertiary/aromatic N) is 2. The normalized spacial score (nSPS) is 24.5. The third kappa shape index (κ3) is 4.99. The molecule has 0 radical (unpaired) electrons. The second-order valence-corrected chi connectivity index (χ2v) is 9.56. The van der Waals surface area contributed by atoms with E-state index in [0.717, 1.165) is 44.4 Å². The van der Waals surface area contributed by atoms with Gasteiger partial charge in [0.05, 0.1) is 14.2 Å². The molecule has 2 saturated carbocycles. The Balaban J connectivity index is 1.37. The summed E-state index contributed by atoms with van der Waals surface area (Å²) in [5, 5.41) is 0. The number of rotatable bonds is 6. The van der Waals surface area contributed by atoms with E-state index in [1.165, 1.54) is 12.8 Å². The molecule has 1 saturated heterocycles. The fourth-order valence-corrected chi connectivity index (χ4v) is 5.19. The Hall–Kier alpha value is -2.24. The van der Waals surface area contributed by atoms with Gasteiger partial charge in [-0.1, -0.05) is 6.92 Å². The van der Waals surface area contributed by atoms with Crippen LogP contribution in [-0.4, -0.2) is 61.0 Å². The standard InChI is InChI=1S/C25H36N2O4/c1-17-4-6-20(7-5-17)27(21-8-9-21)25(29)18-10-12-26(13-11-18)24(28)19-14-22(30-2)16-23(15-19)31-3/h14-18,20-21H,4-13H2,1-3H3. The molecule has 2 amide bonds. The lowest BCUT2D eigenvalue weighted by atomic mass is 9.85. The summed E-state index contributed by atoms with van der Waals surface area (Å²) in [4.78, 5) is 30.7. The van der Waals surface area contributed by atoms with Crippen LogP contribution in [-0.2, 0) is 4.79 Å². The van der Waals surface area contributed by atoms with Crippen LogP contribution in [0.5, 0.6) is 11.5 Å². The largest absolute Gasteiger partial charge is 0.497 e. The molecule has 170 valence electrons. The first-order chi connectivity index (χ1) is 15.0. The van der Waals surface area contributed by atoms with Gasteiger partial charge in [0.1, 0.15) is 11.5 Å². The number of piperidine rings is 1. The molecule has 1 aliphatic heterocycles. The van der Waals surface area contributed by atoms with Crippen molar-refractivity contribution in [2.24, 2.45) is 11.8 Å². The third-order valence-electron chi connectivity index (χ3n) is 7.30. The summed E-state index contributed by atoms with van der Waals surface area (Å²) in [5.41, 5.74) is 0.567. The van der Waals surface area contributed by atoms with Crippen molar-refractivity contribution in [2.75, 3.05) is 27.3 Å². The van der Waals surface area contributed by atoms with Gasteiger partial charge < -0.3 is 19.3 Å². The quantitative estimate of drug-likeness (QED) is 0.684. The third-order valence-corrected chi connectivity index (χ3v) is 7.30. The molecule has 1 aromatic rings.